The second-order valence-corrected chi connectivity index (χ2v) is 4.47. The fourth-order valence-corrected chi connectivity index (χ4v) is 2.30. The Labute approximate surface area is 92.4 Å². The van der Waals surface area contributed by atoms with E-state index in [0.29, 0.717) is 0 Å². The van der Waals surface area contributed by atoms with Gasteiger partial charge in [-0.1, -0.05) is 18.2 Å². The van der Waals surface area contributed by atoms with Crippen molar-refractivity contribution in [3.63, 3.8) is 0 Å². The van der Waals surface area contributed by atoms with Crippen LogP contribution in [0.15, 0.2) is 24.8 Å². The van der Waals surface area contributed by atoms with E-state index in [1.807, 2.05) is 0 Å². The van der Waals surface area contributed by atoms with Crippen molar-refractivity contribution in [3.8, 4) is 0 Å². The number of rotatable bonds is 2. The topological polar surface area (TPSA) is 3.24 Å². The van der Waals surface area contributed by atoms with Gasteiger partial charge in [-0.25, -0.2) is 0 Å². The van der Waals surface area contributed by atoms with Crippen LogP contribution in [0.2, 0.25) is 0 Å². The maximum Gasteiger partial charge on any atom is 0.0369 e. The maximum atomic E-state index is 4.00. The van der Waals surface area contributed by atoms with E-state index in [1.165, 1.54) is 42.7 Å². The summed E-state index contributed by atoms with van der Waals surface area (Å²) in [7, 11) is 0. The van der Waals surface area contributed by atoms with E-state index in [4.69, 9.17) is 0 Å². The quantitative estimate of drug-likeness (QED) is 0.706. The smallest absolute Gasteiger partial charge is 0.0369 e. The lowest BCUT2D eigenvalue weighted by molar-refractivity contribution is 0.949. The summed E-state index contributed by atoms with van der Waals surface area (Å²) >= 11 is 0. The molecule has 1 aromatic rings. The molecular weight excluding hydrogens is 182 g/mol. The molecule has 0 amide bonds. The maximum absolute atomic E-state index is 4.00. The van der Waals surface area contributed by atoms with Crippen LogP contribution < -0.4 is 4.90 Å². The summed E-state index contributed by atoms with van der Waals surface area (Å²) in [6.07, 6.45) is 2.67. The predicted octanol–water partition coefficient (Wildman–Crippen LogP) is 3.63. The highest BCUT2D eigenvalue weighted by Gasteiger charge is 2.12. The largest absolute Gasteiger partial charge is 0.372 e. The summed E-state index contributed by atoms with van der Waals surface area (Å²) in [6, 6.07) is 6.71. The Morgan fingerprint density at radius 2 is 1.93 bits per heavy atom. The Hall–Kier alpha value is -1.24. The molecule has 1 nitrogen and oxygen atoms in total. The van der Waals surface area contributed by atoms with Crippen LogP contribution in [0.4, 0.5) is 5.69 Å². The SMILES string of the molecule is C=C(C)c1ccc(N2CCCC2)cc1C. The number of benzene rings is 1. The Morgan fingerprint density at radius 1 is 1.27 bits per heavy atom. The van der Waals surface area contributed by atoms with Crippen LogP contribution >= 0.6 is 0 Å². The number of nitrogens with zero attached hydrogens (tertiary/aromatic N) is 1. The van der Waals surface area contributed by atoms with Crippen molar-refractivity contribution in [2.75, 3.05) is 18.0 Å². The molecule has 1 fully saturated rings. The van der Waals surface area contributed by atoms with Gasteiger partial charge in [0.25, 0.3) is 0 Å². The van der Waals surface area contributed by atoms with E-state index in [1.54, 1.807) is 0 Å². The average molecular weight is 201 g/mol. The van der Waals surface area contributed by atoms with Gasteiger partial charge >= 0.3 is 0 Å². The zero-order valence-electron chi connectivity index (χ0n) is 9.71. The van der Waals surface area contributed by atoms with E-state index in [0.717, 1.165) is 5.57 Å². The van der Waals surface area contributed by atoms with Crippen LogP contribution in [-0.4, -0.2) is 13.1 Å². The highest BCUT2D eigenvalue weighted by Crippen LogP contribution is 2.25. The zero-order chi connectivity index (χ0) is 10.8. The Balaban J connectivity index is 2.28. The third kappa shape index (κ3) is 2.06. The van der Waals surface area contributed by atoms with Gasteiger partial charge in [0.15, 0.2) is 0 Å². The molecule has 0 radical (unpaired) electrons. The van der Waals surface area contributed by atoms with Gasteiger partial charge in [0.05, 0.1) is 0 Å². The summed E-state index contributed by atoms with van der Waals surface area (Å²) in [5, 5.41) is 0. The van der Waals surface area contributed by atoms with Crippen molar-refractivity contribution in [2.24, 2.45) is 0 Å². The van der Waals surface area contributed by atoms with Crippen LogP contribution in [0.25, 0.3) is 5.57 Å². The molecule has 0 aliphatic carbocycles. The van der Waals surface area contributed by atoms with Gasteiger partial charge in [-0.15, -0.1) is 0 Å². The number of allylic oxidation sites excluding steroid dienone is 1. The first-order valence-corrected chi connectivity index (χ1v) is 5.70. The molecule has 15 heavy (non-hydrogen) atoms. The lowest BCUT2D eigenvalue weighted by Gasteiger charge is -2.19. The molecule has 1 aliphatic heterocycles. The molecule has 2 rings (SSSR count). The minimum Gasteiger partial charge on any atom is -0.372 e. The minimum absolute atomic E-state index is 1.15. The van der Waals surface area contributed by atoms with Gasteiger partial charge in [0, 0.05) is 18.8 Å². The number of hydrogen-bond acceptors (Lipinski definition) is 1. The first-order valence-electron chi connectivity index (χ1n) is 5.70. The summed E-state index contributed by atoms with van der Waals surface area (Å²) in [5.41, 5.74) is 5.15. The van der Waals surface area contributed by atoms with Crippen LogP contribution in [0.5, 0.6) is 0 Å². The highest BCUT2D eigenvalue weighted by molar-refractivity contribution is 5.67. The molecule has 0 unspecified atom stereocenters. The summed E-state index contributed by atoms with van der Waals surface area (Å²) in [4.78, 5) is 2.47. The number of anilines is 1. The van der Waals surface area contributed by atoms with Gasteiger partial charge < -0.3 is 4.90 Å². The van der Waals surface area contributed by atoms with Crippen molar-refractivity contribution < 1.29 is 0 Å². The molecule has 80 valence electrons. The molecule has 0 saturated carbocycles. The predicted molar refractivity (Wildman–Crippen MR) is 67.3 cm³/mol. The zero-order valence-corrected chi connectivity index (χ0v) is 9.71. The summed E-state index contributed by atoms with van der Waals surface area (Å²) in [5.74, 6) is 0. The summed E-state index contributed by atoms with van der Waals surface area (Å²) in [6.45, 7) is 10.7. The van der Waals surface area contributed by atoms with E-state index < -0.39 is 0 Å². The number of aryl methyl sites for hydroxylation is 1. The second-order valence-electron chi connectivity index (χ2n) is 4.47. The van der Waals surface area contributed by atoms with Crippen molar-refractivity contribution >= 4 is 11.3 Å². The van der Waals surface area contributed by atoms with Crippen molar-refractivity contribution in [1.29, 1.82) is 0 Å². The fourth-order valence-electron chi connectivity index (χ4n) is 2.30. The normalized spacial score (nSPS) is 15.7. The minimum atomic E-state index is 1.15. The molecule has 0 atom stereocenters. The fraction of sp³-hybridized carbons (Fsp3) is 0.429. The van der Waals surface area contributed by atoms with Crippen LogP contribution in [0.1, 0.15) is 30.9 Å². The van der Waals surface area contributed by atoms with Crippen molar-refractivity contribution in [2.45, 2.75) is 26.7 Å². The van der Waals surface area contributed by atoms with Gasteiger partial charge in [0.2, 0.25) is 0 Å². The molecule has 0 spiro atoms. The highest BCUT2D eigenvalue weighted by atomic mass is 15.1. The van der Waals surface area contributed by atoms with Crippen LogP contribution in [0.3, 0.4) is 0 Å². The van der Waals surface area contributed by atoms with Gasteiger partial charge in [-0.05, 0) is 49.9 Å². The van der Waals surface area contributed by atoms with E-state index in [-0.39, 0.29) is 0 Å². The van der Waals surface area contributed by atoms with Gasteiger partial charge in [-0.3, -0.25) is 0 Å². The lowest BCUT2D eigenvalue weighted by atomic mass is 10.0. The van der Waals surface area contributed by atoms with E-state index in [2.05, 4.69) is 43.5 Å². The molecule has 1 aliphatic rings. The van der Waals surface area contributed by atoms with Crippen molar-refractivity contribution in [1.82, 2.24) is 0 Å². The second kappa shape index (κ2) is 4.09. The standard InChI is InChI=1S/C14H19N/c1-11(2)14-7-6-13(10-12(14)3)15-8-4-5-9-15/h6-7,10H,1,4-5,8-9H2,2-3H3. The molecule has 1 heteroatoms. The monoisotopic (exact) mass is 201 g/mol. The molecule has 0 aromatic heterocycles. The lowest BCUT2D eigenvalue weighted by Crippen LogP contribution is -2.17. The third-order valence-corrected chi connectivity index (χ3v) is 3.14. The Morgan fingerprint density at radius 3 is 2.47 bits per heavy atom. The Kier molecular flexibility index (Phi) is 2.81. The van der Waals surface area contributed by atoms with Crippen molar-refractivity contribution in [3.05, 3.63) is 35.9 Å². The third-order valence-electron chi connectivity index (χ3n) is 3.14. The number of hydrogen-bond donors (Lipinski definition) is 0. The van der Waals surface area contributed by atoms with Crippen LogP contribution in [-0.2, 0) is 0 Å². The van der Waals surface area contributed by atoms with Crippen LogP contribution in [0, 0.1) is 6.92 Å². The first kappa shape index (κ1) is 10.3. The molecular formula is C14H19N. The average Bonchev–Trinajstić information content (AvgIpc) is 2.69. The molecule has 1 saturated heterocycles. The molecule has 1 aromatic carbocycles. The molecule has 0 N–H and O–H groups in total. The van der Waals surface area contributed by atoms with Gasteiger partial charge in [-0.2, -0.15) is 0 Å². The van der Waals surface area contributed by atoms with E-state index in [9.17, 15) is 0 Å². The summed E-state index contributed by atoms with van der Waals surface area (Å²) < 4.78 is 0. The van der Waals surface area contributed by atoms with E-state index >= 15 is 0 Å². The Bertz CT molecular complexity index is 373. The van der Waals surface area contributed by atoms with Gasteiger partial charge in [0.1, 0.15) is 0 Å². The molecule has 1 heterocycles. The molecule has 0 bridgehead atoms. The first-order chi connectivity index (χ1) is 7.18.